The van der Waals surface area contributed by atoms with Crippen LogP contribution in [-0.4, -0.2) is 17.6 Å². The van der Waals surface area contributed by atoms with Gasteiger partial charge in [0.25, 0.3) is 11.5 Å². The molecule has 0 unspecified atom stereocenters. The maximum Gasteiger partial charge on any atom is 0.271 e. The third kappa shape index (κ3) is 4.13. The monoisotopic (exact) mass is 487 g/mol. The molecule has 0 aliphatic carbocycles. The predicted molar refractivity (Wildman–Crippen MR) is 136 cm³/mol. The van der Waals surface area contributed by atoms with Crippen LogP contribution in [-0.2, 0) is 4.79 Å². The number of amides is 1. The van der Waals surface area contributed by atoms with Crippen molar-refractivity contribution < 1.29 is 9.53 Å². The van der Waals surface area contributed by atoms with Crippen LogP contribution >= 0.6 is 22.7 Å². The first-order valence-corrected chi connectivity index (χ1v) is 12.3. The highest BCUT2D eigenvalue weighted by molar-refractivity contribution is 7.11. The minimum Gasteiger partial charge on any atom is -0.497 e. The Morgan fingerprint density at radius 2 is 1.94 bits per heavy atom. The molecule has 34 heavy (non-hydrogen) atoms. The number of allylic oxidation sites excluding steroid dienone is 1. The van der Waals surface area contributed by atoms with Gasteiger partial charge in [0.2, 0.25) is 0 Å². The Balaban J connectivity index is 1.70. The van der Waals surface area contributed by atoms with Crippen molar-refractivity contribution in [1.29, 1.82) is 0 Å². The van der Waals surface area contributed by atoms with Gasteiger partial charge in [0, 0.05) is 10.6 Å². The minimum atomic E-state index is -0.638. The van der Waals surface area contributed by atoms with Gasteiger partial charge in [0.05, 0.1) is 29.0 Å². The van der Waals surface area contributed by atoms with Gasteiger partial charge in [-0.15, -0.1) is 11.3 Å². The number of hydrogen-bond acceptors (Lipinski definition) is 6. The first-order chi connectivity index (χ1) is 16.5. The van der Waals surface area contributed by atoms with Gasteiger partial charge in [-0.2, -0.15) is 0 Å². The number of ether oxygens (including phenoxy) is 1. The first-order valence-electron chi connectivity index (χ1n) is 10.6. The van der Waals surface area contributed by atoms with Crippen molar-refractivity contribution in [2.24, 2.45) is 4.99 Å². The number of methoxy groups -OCH3 is 1. The molecule has 0 fully saturated rings. The highest BCUT2D eigenvalue weighted by Gasteiger charge is 2.32. The molecular weight excluding hydrogens is 466 g/mol. The molecule has 0 bridgehead atoms. The van der Waals surface area contributed by atoms with Crippen molar-refractivity contribution in [3.8, 4) is 5.75 Å². The zero-order valence-corrected chi connectivity index (χ0v) is 20.2. The van der Waals surface area contributed by atoms with Crippen molar-refractivity contribution in [1.82, 2.24) is 4.57 Å². The van der Waals surface area contributed by atoms with Crippen LogP contribution in [0.2, 0.25) is 0 Å². The second-order valence-electron chi connectivity index (χ2n) is 7.69. The molecule has 1 atom stereocenters. The zero-order chi connectivity index (χ0) is 23.7. The number of rotatable bonds is 5. The van der Waals surface area contributed by atoms with Crippen molar-refractivity contribution >= 4 is 40.3 Å². The summed E-state index contributed by atoms with van der Waals surface area (Å²) in [5.41, 5.74) is 2.27. The summed E-state index contributed by atoms with van der Waals surface area (Å²) in [6.07, 6.45) is 1.88. The lowest BCUT2D eigenvalue weighted by molar-refractivity contribution is -0.113. The fraction of sp³-hybridized carbons (Fsp3) is 0.115. The Morgan fingerprint density at radius 3 is 2.68 bits per heavy atom. The highest BCUT2D eigenvalue weighted by Crippen LogP contribution is 2.32. The topological polar surface area (TPSA) is 72.7 Å². The molecular formula is C26H21N3O3S2. The Bertz CT molecular complexity index is 1570. The fourth-order valence-electron chi connectivity index (χ4n) is 3.96. The summed E-state index contributed by atoms with van der Waals surface area (Å²) in [5, 5.41) is 4.93. The molecule has 170 valence electrons. The Morgan fingerprint density at radius 1 is 1.12 bits per heavy atom. The standard InChI is InChI=1S/C26H21N3O3S2/c1-16-22(24(30)28-18-9-4-3-5-10-18)23(17-8-6-11-19(14-17)32-2)29-25(31)21(34-26(29)27-16)15-20-12-7-13-33-20/h3-15,23H,1-2H3,(H,28,30)/b21-15+/t23-/m1/s1. The van der Waals surface area contributed by atoms with Crippen LogP contribution in [0.5, 0.6) is 5.75 Å². The lowest BCUT2D eigenvalue weighted by atomic mass is 9.95. The number of thiazole rings is 1. The molecule has 5 rings (SSSR count). The van der Waals surface area contributed by atoms with Crippen molar-refractivity contribution in [3.63, 3.8) is 0 Å². The number of carbonyl (C=O) groups excluding carboxylic acids is 1. The van der Waals surface area contributed by atoms with Gasteiger partial charge in [-0.05, 0) is 54.3 Å². The van der Waals surface area contributed by atoms with Gasteiger partial charge < -0.3 is 10.1 Å². The van der Waals surface area contributed by atoms with Gasteiger partial charge in [-0.25, -0.2) is 4.99 Å². The van der Waals surface area contributed by atoms with Gasteiger partial charge in [-0.3, -0.25) is 14.2 Å². The summed E-state index contributed by atoms with van der Waals surface area (Å²) >= 11 is 2.89. The van der Waals surface area contributed by atoms with E-state index in [-0.39, 0.29) is 11.5 Å². The van der Waals surface area contributed by atoms with Gasteiger partial charge in [0.1, 0.15) is 5.75 Å². The number of carbonyl (C=O) groups is 1. The summed E-state index contributed by atoms with van der Waals surface area (Å²) in [7, 11) is 1.59. The fourth-order valence-corrected chi connectivity index (χ4v) is 5.73. The van der Waals surface area contributed by atoms with E-state index < -0.39 is 6.04 Å². The van der Waals surface area contributed by atoms with E-state index in [1.165, 1.54) is 11.3 Å². The molecule has 8 heteroatoms. The SMILES string of the molecule is COc1cccc([C@@H]2C(C(=O)Nc3ccccc3)=C(C)N=c3s/c(=C/c4cccs4)c(=O)n32)c1. The summed E-state index contributed by atoms with van der Waals surface area (Å²) in [6, 6.07) is 20.0. The molecule has 0 spiro atoms. The number of fused-ring (bicyclic) bond motifs is 1. The number of nitrogens with zero attached hydrogens (tertiary/aromatic N) is 2. The van der Waals surface area contributed by atoms with Crippen LogP contribution in [0.1, 0.15) is 23.4 Å². The van der Waals surface area contributed by atoms with Crippen LogP contribution in [0, 0.1) is 0 Å². The van der Waals surface area contributed by atoms with E-state index in [1.807, 2.05) is 85.1 Å². The third-order valence-corrected chi connectivity index (χ3v) is 7.33. The predicted octanol–water partition coefficient (Wildman–Crippen LogP) is 3.94. The summed E-state index contributed by atoms with van der Waals surface area (Å²) < 4.78 is 7.62. The largest absolute Gasteiger partial charge is 0.497 e. The van der Waals surface area contributed by atoms with E-state index in [4.69, 9.17) is 4.74 Å². The van der Waals surface area contributed by atoms with Crippen LogP contribution in [0.15, 0.2) is 93.2 Å². The van der Waals surface area contributed by atoms with Crippen LogP contribution < -0.4 is 24.9 Å². The average molecular weight is 488 g/mol. The zero-order valence-electron chi connectivity index (χ0n) is 18.5. The van der Waals surface area contributed by atoms with E-state index in [1.54, 1.807) is 23.0 Å². The molecule has 1 N–H and O–H groups in total. The van der Waals surface area contributed by atoms with Gasteiger partial charge in [-0.1, -0.05) is 47.7 Å². The number of thiophene rings is 1. The summed E-state index contributed by atoms with van der Waals surface area (Å²) in [6.45, 7) is 1.81. The number of nitrogens with one attached hydrogen (secondary N) is 1. The van der Waals surface area contributed by atoms with Crippen molar-refractivity contribution in [3.05, 3.63) is 114 Å². The lowest BCUT2D eigenvalue weighted by Gasteiger charge is -2.25. The smallest absolute Gasteiger partial charge is 0.271 e. The van der Waals surface area contributed by atoms with E-state index >= 15 is 0 Å². The molecule has 0 saturated carbocycles. The normalized spacial score (nSPS) is 15.6. The second kappa shape index (κ2) is 9.24. The van der Waals surface area contributed by atoms with Gasteiger partial charge >= 0.3 is 0 Å². The molecule has 0 radical (unpaired) electrons. The van der Waals surface area contributed by atoms with E-state index in [0.29, 0.717) is 32.0 Å². The number of hydrogen-bond donors (Lipinski definition) is 1. The van der Waals surface area contributed by atoms with Crippen molar-refractivity contribution in [2.45, 2.75) is 13.0 Å². The third-order valence-electron chi connectivity index (χ3n) is 5.52. The number of benzene rings is 2. The van der Waals surface area contributed by atoms with Crippen LogP contribution in [0.3, 0.4) is 0 Å². The molecule has 3 heterocycles. The molecule has 1 aliphatic heterocycles. The number of anilines is 1. The molecule has 1 aliphatic rings. The second-order valence-corrected chi connectivity index (χ2v) is 9.68. The Labute approximate surface area is 203 Å². The Kier molecular flexibility index (Phi) is 6.00. The number of para-hydroxylation sites is 1. The van der Waals surface area contributed by atoms with Crippen LogP contribution in [0.25, 0.3) is 6.08 Å². The lowest BCUT2D eigenvalue weighted by Crippen LogP contribution is -2.40. The molecule has 4 aromatic rings. The van der Waals surface area contributed by atoms with Crippen molar-refractivity contribution in [2.75, 3.05) is 12.4 Å². The Hall–Kier alpha value is -3.75. The maximum atomic E-state index is 13.6. The number of aromatic nitrogens is 1. The van der Waals surface area contributed by atoms with E-state index in [9.17, 15) is 9.59 Å². The summed E-state index contributed by atoms with van der Waals surface area (Å²) in [4.78, 5) is 33.4. The minimum absolute atomic E-state index is 0.178. The molecule has 2 aromatic heterocycles. The quantitative estimate of drug-likeness (QED) is 0.463. The van der Waals surface area contributed by atoms with Gasteiger partial charge in [0.15, 0.2) is 4.80 Å². The molecule has 6 nitrogen and oxygen atoms in total. The van der Waals surface area contributed by atoms with E-state index in [0.717, 1.165) is 10.4 Å². The maximum absolute atomic E-state index is 13.6. The van der Waals surface area contributed by atoms with E-state index in [2.05, 4.69) is 10.3 Å². The summed E-state index contributed by atoms with van der Waals surface area (Å²) in [5.74, 6) is 0.350. The molecule has 0 saturated heterocycles. The molecule has 1 amide bonds. The first kappa shape index (κ1) is 22.1. The highest BCUT2D eigenvalue weighted by atomic mass is 32.1. The average Bonchev–Trinajstić information content (AvgIpc) is 3.47. The van der Waals surface area contributed by atoms with Crippen LogP contribution in [0.4, 0.5) is 5.69 Å². The molecule has 2 aromatic carbocycles.